The molecule has 39 heavy (non-hydrogen) atoms. The van der Waals surface area contributed by atoms with E-state index in [2.05, 4.69) is 10.3 Å². The average molecular weight is 551 g/mol. The topological polar surface area (TPSA) is 82.2 Å². The standard InChI is InChI=1S/C30H25F3N2O3S/c31-30(32,33)20-6-8-22(9-7-20)39-25-16-34-24-11-18(17-4-2-1-3-5-17)10-23(26(24)25)27(36)35-21-14-29(15-21)12-19(13-29)28(37)38/h1-11,16,19,21,34H,12-15H2,(H,35,36)(H,37,38). The lowest BCUT2D eigenvalue weighted by atomic mass is 9.50. The second-order valence-electron chi connectivity index (χ2n) is 10.6. The number of nitrogens with one attached hydrogen (secondary N) is 2. The van der Waals surface area contributed by atoms with E-state index in [1.54, 1.807) is 6.20 Å². The monoisotopic (exact) mass is 550 g/mol. The Labute approximate surface area is 226 Å². The Kier molecular flexibility index (Phi) is 6.21. The number of aromatic amines is 1. The number of aliphatic carboxylic acids is 1. The van der Waals surface area contributed by atoms with Crippen molar-refractivity contribution in [2.75, 3.05) is 0 Å². The van der Waals surface area contributed by atoms with E-state index in [4.69, 9.17) is 0 Å². The number of amides is 1. The van der Waals surface area contributed by atoms with Crippen LogP contribution in [0.3, 0.4) is 0 Å². The van der Waals surface area contributed by atoms with Crippen LogP contribution in [0.4, 0.5) is 13.2 Å². The van der Waals surface area contributed by atoms with Crippen LogP contribution >= 0.6 is 11.8 Å². The summed E-state index contributed by atoms with van der Waals surface area (Å²) >= 11 is 1.30. The Balaban J connectivity index is 1.29. The van der Waals surface area contributed by atoms with E-state index in [0.717, 1.165) is 46.5 Å². The first-order valence-electron chi connectivity index (χ1n) is 12.7. The lowest BCUT2D eigenvalue weighted by Gasteiger charge is -2.56. The van der Waals surface area contributed by atoms with Crippen molar-refractivity contribution in [2.24, 2.45) is 11.3 Å². The van der Waals surface area contributed by atoms with Gasteiger partial charge in [0.2, 0.25) is 0 Å². The number of benzene rings is 3. The number of carboxylic acids is 1. The van der Waals surface area contributed by atoms with Gasteiger partial charge < -0.3 is 15.4 Å². The van der Waals surface area contributed by atoms with E-state index >= 15 is 0 Å². The Morgan fingerprint density at radius 3 is 2.28 bits per heavy atom. The van der Waals surface area contributed by atoms with Crippen molar-refractivity contribution in [3.05, 3.63) is 84.1 Å². The second-order valence-corrected chi connectivity index (χ2v) is 11.7. The predicted octanol–water partition coefficient (Wildman–Crippen LogP) is 7.38. The SMILES string of the molecule is O=C(NC1CC2(C1)CC(C(=O)O)C2)c1cc(-c2ccccc2)cc2[nH]cc(Sc3ccc(C(F)(F)F)cc3)c12. The zero-order valence-corrected chi connectivity index (χ0v) is 21.5. The molecule has 0 aliphatic heterocycles. The van der Waals surface area contributed by atoms with Gasteiger partial charge in [-0.3, -0.25) is 9.59 Å². The highest BCUT2D eigenvalue weighted by molar-refractivity contribution is 7.99. The maximum absolute atomic E-state index is 13.6. The number of rotatable bonds is 6. The summed E-state index contributed by atoms with van der Waals surface area (Å²) in [6.07, 6.45) is 0.228. The molecule has 0 radical (unpaired) electrons. The first-order chi connectivity index (χ1) is 18.6. The van der Waals surface area contributed by atoms with E-state index in [1.165, 1.54) is 23.9 Å². The van der Waals surface area contributed by atoms with Crippen LogP contribution in [0, 0.1) is 11.3 Å². The van der Waals surface area contributed by atoms with Gasteiger partial charge in [-0.05, 0) is 78.6 Å². The zero-order valence-electron chi connectivity index (χ0n) is 20.7. The molecule has 1 amide bonds. The Hall–Kier alpha value is -3.72. The third-order valence-electron chi connectivity index (χ3n) is 7.91. The smallest absolute Gasteiger partial charge is 0.416 e. The number of H-pyrrole nitrogens is 1. The van der Waals surface area contributed by atoms with Gasteiger partial charge in [-0.2, -0.15) is 13.2 Å². The molecule has 1 spiro atoms. The predicted molar refractivity (Wildman–Crippen MR) is 143 cm³/mol. The number of hydrogen-bond acceptors (Lipinski definition) is 3. The average Bonchev–Trinajstić information content (AvgIpc) is 3.26. The minimum Gasteiger partial charge on any atom is -0.481 e. The first kappa shape index (κ1) is 25.6. The molecule has 0 bridgehead atoms. The van der Waals surface area contributed by atoms with Crippen molar-refractivity contribution in [2.45, 2.75) is 47.7 Å². The minimum absolute atomic E-state index is 0.0207. The summed E-state index contributed by atoms with van der Waals surface area (Å²) in [6, 6.07) is 18.5. The van der Waals surface area contributed by atoms with Gasteiger partial charge in [0.1, 0.15) is 0 Å². The van der Waals surface area contributed by atoms with Crippen molar-refractivity contribution in [3.8, 4) is 11.1 Å². The van der Waals surface area contributed by atoms with Crippen LogP contribution in [0.2, 0.25) is 0 Å². The molecule has 2 fully saturated rings. The molecule has 1 heterocycles. The van der Waals surface area contributed by atoms with E-state index in [0.29, 0.717) is 28.7 Å². The fraction of sp³-hybridized carbons (Fsp3) is 0.267. The number of carbonyl (C=O) groups is 2. The number of halogens is 3. The molecular weight excluding hydrogens is 525 g/mol. The lowest BCUT2D eigenvalue weighted by Crippen LogP contribution is -2.57. The molecule has 3 N–H and O–H groups in total. The molecular formula is C30H25F3N2O3S. The third kappa shape index (κ3) is 4.91. The maximum Gasteiger partial charge on any atom is 0.416 e. The van der Waals surface area contributed by atoms with Gasteiger partial charge in [0.25, 0.3) is 5.91 Å². The van der Waals surface area contributed by atoms with Gasteiger partial charge in [-0.25, -0.2) is 0 Å². The molecule has 0 saturated heterocycles. The fourth-order valence-electron chi connectivity index (χ4n) is 5.98. The van der Waals surface area contributed by atoms with Crippen LogP contribution < -0.4 is 5.32 Å². The molecule has 3 aromatic carbocycles. The van der Waals surface area contributed by atoms with Crippen LogP contribution in [-0.4, -0.2) is 28.0 Å². The number of alkyl halides is 3. The van der Waals surface area contributed by atoms with Crippen LogP contribution in [0.5, 0.6) is 0 Å². The molecule has 2 aliphatic carbocycles. The Morgan fingerprint density at radius 1 is 0.949 bits per heavy atom. The summed E-state index contributed by atoms with van der Waals surface area (Å²) in [5, 5.41) is 13.1. The molecule has 2 saturated carbocycles. The second kappa shape index (κ2) is 9.48. The fourth-order valence-corrected chi connectivity index (χ4v) is 6.94. The summed E-state index contributed by atoms with van der Waals surface area (Å²) in [4.78, 5) is 29.4. The van der Waals surface area contributed by atoms with Crippen molar-refractivity contribution in [1.82, 2.24) is 10.3 Å². The third-order valence-corrected chi connectivity index (χ3v) is 8.96. The molecule has 9 heteroatoms. The van der Waals surface area contributed by atoms with Gasteiger partial charge in [-0.1, -0.05) is 42.1 Å². The zero-order chi connectivity index (χ0) is 27.4. The number of carboxylic acid groups (broad SMARTS) is 1. The van der Waals surface area contributed by atoms with E-state index < -0.39 is 17.7 Å². The molecule has 1 aromatic heterocycles. The van der Waals surface area contributed by atoms with Gasteiger partial charge in [0.15, 0.2) is 0 Å². The summed E-state index contributed by atoms with van der Waals surface area (Å²) < 4.78 is 39.0. The normalized spacial score (nSPS) is 22.3. The molecule has 2 aliphatic rings. The van der Waals surface area contributed by atoms with Crippen LogP contribution in [0.1, 0.15) is 41.6 Å². The van der Waals surface area contributed by atoms with E-state index in [-0.39, 0.29) is 23.3 Å². The van der Waals surface area contributed by atoms with Crippen molar-refractivity contribution in [3.63, 3.8) is 0 Å². The Morgan fingerprint density at radius 2 is 1.64 bits per heavy atom. The lowest BCUT2D eigenvalue weighted by molar-refractivity contribution is -0.155. The van der Waals surface area contributed by atoms with Crippen molar-refractivity contribution >= 4 is 34.5 Å². The van der Waals surface area contributed by atoms with Crippen LogP contribution in [0.25, 0.3) is 22.0 Å². The largest absolute Gasteiger partial charge is 0.481 e. The summed E-state index contributed by atoms with van der Waals surface area (Å²) in [7, 11) is 0. The van der Waals surface area contributed by atoms with Crippen LogP contribution in [-0.2, 0) is 11.0 Å². The van der Waals surface area contributed by atoms with Crippen molar-refractivity contribution in [1.29, 1.82) is 0 Å². The van der Waals surface area contributed by atoms with E-state index in [9.17, 15) is 27.9 Å². The molecule has 4 aromatic rings. The highest BCUT2D eigenvalue weighted by Crippen LogP contribution is 2.58. The van der Waals surface area contributed by atoms with Crippen LogP contribution in [0.15, 0.2) is 82.7 Å². The number of fused-ring (bicyclic) bond motifs is 1. The van der Waals surface area contributed by atoms with Gasteiger partial charge in [0.05, 0.1) is 17.0 Å². The highest BCUT2D eigenvalue weighted by atomic mass is 32.2. The molecule has 5 nitrogen and oxygen atoms in total. The molecule has 0 unspecified atom stereocenters. The quantitative estimate of drug-likeness (QED) is 0.234. The van der Waals surface area contributed by atoms with Gasteiger partial charge in [-0.15, -0.1) is 0 Å². The number of aromatic nitrogens is 1. The highest BCUT2D eigenvalue weighted by Gasteiger charge is 2.55. The van der Waals surface area contributed by atoms with Gasteiger partial charge in [0, 0.05) is 32.9 Å². The summed E-state index contributed by atoms with van der Waals surface area (Å²) in [6.45, 7) is 0. The maximum atomic E-state index is 13.6. The first-order valence-corrected chi connectivity index (χ1v) is 13.5. The summed E-state index contributed by atoms with van der Waals surface area (Å²) in [5.41, 5.74) is 2.38. The number of carbonyl (C=O) groups excluding carboxylic acids is 1. The molecule has 200 valence electrons. The van der Waals surface area contributed by atoms with Crippen molar-refractivity contribution < 1.29 is 27.9 Å². The van der Waals surface area contributed by atoms with Gasteiger partial charge >= 0.3 is 12.1 Å². The molecule has 0 atom stereocenters. The Bertz CT molecular complexity index is 1550. The summed E-state index contributed by atoms with van der Waals surface area (Å²) in [5.74, 6) is -1.26. The number of hydrogen-bond donors (Lipinski definition) is 3. The minimum atomic E-state index is -4.41. The van der Waals surface area contributed by atoms with E-state index in [1.807, 2.05) is 42.5 Å². The molecule has 6 rings (SSSR count).